The van der Waals surface area contributed by atoms with Crippen molar-refractivity contribution in [2.24, 2.45) is 0 Å². The summed E-state index contributed by atoms with van der Waals surface area (Å²) in [6.45, 7) is 0. The van der Waals surface area contributed by atoms with Crippen LogP contribution in [0.4, 0.5) is 0 Å². The quantitative estimate of drug-likeness (QED) is 0.803. The van der Waals surface area contributed by atoms with Crippen LogP contribution in [-0.4, -0.2) is 23.2 Å². The Kier molecular flexibility index (Phi) is 3.08. The Balaban J connectivity index is 2.96. The third-order valence-electron chi connectivity index (χ3n) is 1.42. The number of aliphatic carboxylic acids is 1. The molecule has 4 nitrogen and oxygen atoms in total. The number of rotatable bonds is 3. The van der Waals surface area contributed by atoms with Gasteiger partial charge in [-0.05, 0) is 6.07 Å². The van der Waals surface area contributed by atoms with Crippen molar-refractivity contribution in [3.05, 3.63) is 22.8 Å². The van der Waals surface area contributed by atoms with Gasteiger partial charge in [0.15, 0.2) is 0 Å². The molecule has 0 aliphatic rings. The summed E-state index contributed by atoms with van der Waals surface area (Å²) in [5, 5.41) is 8.85. The van der Waals surface area contributed by atoms with E-state index >= 15 is 0 Å². The molecule has 0 fully saturated rings. The van der Waals surface area contributed by atoms with Crippen LogP contribution in [0.5, 0.6) is 5.88 Å². The highest BCUT2D eigenvalue weighted by Gasteiger charge is 2.08. The maximum atomic E-state index is 10.4. The van der Waals surface area contributed by atoms with Gasteiger partial charge in [-0.2, -0.15) is 0 Å². The predicted molar refractivity (Wildman–Crippen MR) is 47.1 cm³/mol. The molecule has 0 radical (unpaired) electrons. The summed E-state index contributed by atoms with van der Waals surface area (Å²) in [5.41, 5.74) is 0.313. The molecule has 1 aromatic rings. The Morgan fingerprint density at radius 2 is 2.38 bits per heavy atom. The molecule has 0 saturated heterocycles. The maximum absolute atomic E-state index is 10.4. The van der Waals surface area contributed by atoms with Gasteiger partial charge in [0.05, 0.1) is 24.2 Å². The number of halogens is 1. The van der Waals surface area contributed by atoms with Gasteiger partial charge in [0, 0.05) is 6.07 Å². The van der Waals surface area contributed by atoms with Crippen LogP contribution in [0.15, 0.2) is 12.1 Å². The first kappa shape index (κ1) is 9.80. The number of aromatic nitrogens is 1. The van der Waals surface area contributed by atoms with Crippen molar-refractivity contribution in [2.45, 2.75) is 6.42 Å². The second-order valence-electron chi connectivity index (χ2n) is 2.35. The fraction of sp³-hybridized carbons (Fsp3) is 0.250. The summed E-state index contributed by atoms with van der Waals surface area (Å²) in [4.78, 5) is 14.3. The highest BCUT2D eigenvalue weighted by Crippen LogP contribution is 2.17. The minimum atomic E-state index is -0.970. The molecular formula is C8H8ClNO3. The van der Waals surface area contributed by atoms with Gasteiger partial charge in [-0.25, -0.2) is 4.98 Å². The lowest BCUT2D eigenvalue weighted by Crippen LogP contribution is -2.03. The average Bonchev–Trinajstić information content (AvgIpc) is 2.08. The first-order valence-electron chi connectivity index (χ1n) is 3.54. The third kappa shape index (κ3) is 2.59. The van der Waals surface area contributed by atoms with E-state index in [0.717, 1.165) is 0 Å². The van der Waals surface area contributed by atoms with Gasteiger partial charge >= 0.3 is 5.97 Å². The number of hydrogen-bond donors (Lipinski definition) is 1. The zero-order chi connectivity index (χ0) is 9.84. The van der Waals surface area contributed by atoms with Gasteiger partial charge in [-0.1, -0.05) is 11.6 Å². The summed E-state index contributed by atoms with van der Waals surface area (Å²) >= 11 is 5.72. The molecule has 0 atom stereocenters. The van der Waals surface area contributed by atoms with Crippen molar-refractivity contribution >= 4 is 17.6 Å². The normalized spacial score (nSPS) is 9.69. The van der Waals surface area contributed by atoms with E-state index in [4.69, 9.17) is 21.4 Å². The average molecular weight is 202 g/mol. The first-order valence-corrected chi connectivity index (χ1v) is 3.92. The predicted octanol–water partition coefficient (Wildman–Crippen LogP) is 1.37. The number of hydrogen-bond acceptors (Lipinski definition) is 3. The molecule has 0 aliphatic carbocycles. The number of pyridine rings is 1. The molecular weight excluding hydrogens is 194 g/mol. The van der Waals surface area contributed by atoms with Gasteiger partial charge in [0.2, 0.25) is 5.88 Å². The summed E-state index contributed by atoms with van der Waals surface area (Å²) < 4.78 is 4.83. The third-order valence-corrected chi connectivity index (χ3v) is 1.77. The first-order chi connectivity index (χ1) is 6.13. The van der Waals surface area contributed by atoms with Crippen molar-refractivity contribution in [3.8, 4) is 5.88 Å². The van der Waals surface area contributed by atoms with Gasteiger partial charge in [0.1, 0.15) is 0 Å². The van der Waals surface area contributed by atoms with E-state index in [1.807, 2.05) is 0 Å². The van der Waals surface area contributed by atoms with E-state index in [1.54, 1.807) is 12.1 Å². The summed E-state index contributed by atoms with van der Waals surface area (Å²) in [7, 11) is 1.46. The van der Waals surface area contributed by atoms with Gasteiger partial charge in [-0.3, -0.25) is 4.79 Å². The number of carboxylic acid groups (broad SMARTS) is 1. The van der Waals surface area contributed by atoms with Crippen LogP contribution in [0, 0.1) is 0 Å². The monoisotopic (exact) mass is 201 g/mol. The highest BCUT2D eigenvalue weighted by molar-refractivity contribution is 6.31. The number of carboxylic acids is 1. The molecule has 0 aliphatic heterocycles. The fourth-order valence-electron chi connectivity index (χ4n) is 0.845. The molecule has 0 bridgehead atoms. The van der Waals surface area contributed by atoms with Gasteiger partial charge < -0.3 is 9.84 Å². The smallest absolute Gasteiger partial charge is 0.309 e. The molecule has 0 unspecified atom stereocenters. The molecule has 1 rings (SSSR count). The Hall–Kier alpha value is -1.29. The Bertz CT molecular complexity index is 327. The molecule has 0 amide bonds. The van der Waals surface area contributed by atoms with Crippen molar-refractivity contribution in [1.82, 2.24) is 4.98 Å². The molecule has 1 aromatic heterocycles. The molecule has 0 saturated carbocycles. The van der Waals surface area contributed by atoms with Crippen molar-refractivity contribution in [1.29, 1.82) is 0 Å². The molecule has 0 spiro atoms. The molecule has 5 heteroatoms. The van der Waals surface area contributed by atoms with Crippen molar-refractivity contribution < 1.29 is 14.6 Å². The van der Waals surface area contributed by atoms with Crippen LogP contribution in [0.2, 0.25) is 5.02 Å². The number of ether oxygens (including phenoxy) is 1. The van der Waals surface area contributed by atoms with Crippen LogP contribution >= 0.6 is 11.6 Å². The lowest BCUT2D eigenvalue weighted by molar-refractivity contribution is -0.136. The standard InChI is InChI=1S/C8H8ClNO3/c1-13-7-3-2-5(9)6(10-7)4-8(11)12/h2-3H,4H2,1H3,(H,11,12). The minimum absolute atomic E-state index is 0.198. The van der Waals surface area contributed by atoms with Crippen LogP contribution in [-0.2, 0) is 11.2 Å². The van der Waals surface area contributed by atoms with E-state index in [-0.39, 0.29) is 6.42 Å². The Labute approximate surface area is 80.1 Å². The summed E-state index contributed by atoms with van der Waals surface area (Å²) in [6.07, 6.45) is -0.198. The number of nitrogens with zero attached hydrogens (tertiary/aromatic N) is 1. The molecule has 0 aromatic carbocycles. The van der Waals surface area contributed by atoms with E-state index in [9.17, 15) is 4.79 Å². The lowest BCUT2D eigenvalue weighted by Gasteiger charge is -2.02. The van der Waals surface area contributed by atoms with E-state index < -0.39 is 5.97 Å². The number of methoxy groups -OCH3 is 1. The molecule has 70 valence electrons. The lowest BCUT2D eigenvalue weighted by atomic mass is 10.3. The zero-order valence-electron chi connectivity index (χ0n) is 6.95. The summed E-state index contributed by atoms with van der Waals surface area (Å²) in [6, 6.07) is 3.14. The number of carbonyl (C=O) groups is 1. The zero-order valence-corrected chi connectivity index (χ0v) is 7.71. The topological polar surface area (TPSA) is 59.4 Å². The minimum Gasteiger partial charge on any atom is -0.481 e. The van der Waals surface area contributed by atoms with E-state index in [1.165, 1.54) is 7.11 Å². The molecule has 1 heterocycles. The van der Waals surface area contributed by atoms with E-state index in [2.05, 4.69) is 4.98 Å². The van der Waals surface area contributed by atoms with Gasteiger partial charge in [-0.15, -0.1) is 0 Å². The molecule has 13 heavy (non-hydrogen) atoms. The fourth-order valence-corrected chi connectivity index (χ4v) is 1.02. The van der Waals surface area contributed by atoms with Crippen molar-refractivity contribution in [3.63, 3.8) is 0 Å². The second kappa shape index (κ2) is 4.09. The second-order valence-corrected chi connectivity index (χ2v) is 2.76. The Morgan fingerprint density at radius 1 is 1.69 bits per heavy atom. The SMILES string of the molecule is COc1ccc(Cl)c(CC(=O)O)n1. The van der Waals surface area contributed by atoms with Gasteiger partial charge in [0.25, 0.3) is 0 Å². The maximum Gasteiger partial charge on any atom is 0.309 e. The molecule has 1 N–H and O–H groups in total. The largest absolute Gasteiger partial charge is 0.481 e. The van der Waals surface area contributed by atoms with Crippen molar-refractivity contribution in [2.75, 3.05) is 7.11 Å². The van der Waals surface area contributed by atoms with E-state index in [0.29, 0.717) is 16.6 Å². The van der Waals surface area contributed by atoms with Crippen LogP contribution < -0.4 is 4.74 Å². The van der Waals surface area contributed by atoms with Crippen LogP contribution in [0.25, 0.3) is 0 Å². The Morgan fingerprint density at radius 3 is 2.92 bits per heavy atom. The van der Waals surface area contributed by atoms with Crippen LogP contribution in [0.3, 0.4) is 0 Å². The highest BCUT2D eigenvalue weighted by atomic mass is 35.5. The summed E-state index contributed by atoms with van der Waals surface area (Å²) in [5.74, 6) is -0.608. The van der Waals surface area contributed by atoms with Crippen LogP contribution in [0.1, 0.15) is 5.69 Å².